The van der Waals surface area contributed by atoms with Crippen molar-refractivity contribution in [2.75, 3.05) is 0 Å². The van der Waals surface area contributed by atoms with Crippen LogP contribution in [0.25, 0.3) is 11.3 Å². The number of hydrogen-bond acceptors (Lipinski definition) is 2. The summed E-state index contributed by atoms with van der Waals surface area (Å²) in [7, 11) is 0. The van der Waals surface area contributed by atoms with E-state index in [0.717, 1.165) is 0 Å². The maximum Gasteiger partial charge on any atom is 0.136 e. The molecule has 2 nitrogen and oxygen atoms in total. The number of pyridine rings is 1. The Bertz CT molecular complexity index is 520. The number of aromatic nitrogens is 1. The third-order valence-corrected chi connectivity index (χ3v) is 2.91. The van der Waals surface area contributed by atoms with Crippen LogP contribution in [-0.2, 0) is 0 Å². The third kappa shape index (κ3) is 1.99. The molecule has 4 heteroatoms. The Balaban J connectivity index is 2.63. The Labute approximate surface area is 103 Å². The molecule has 0 aliphatic heterocycles. The third-order valence-electron chi connectivity index (χ3n) is 2.28. The highest BCUT2D eigenvalue weighted by Gasteiger charge is 2.10. The summed E-state index contributed by atoms with van der Waals surface area (Å²) in [6.45, 7) is 1.73. The number of halogens is 2. The molecule has 0 saturated carbocycles. The molecular formula is C12H9Cl2NO. The van der Waals surface area contributed by atoms with Gasteiger partial charge in [-0.15, -0.1) is 0 Å². The SMILES string of the molecule is Cc1nc(-c2c(Cl)cccc2Cl)ccc1O. The van der Waals surface area contributed by atoms with Crippen LogP contribution in [-0.4, -0.2) is 10.1 Å². The van der Waals surface area contributed by atoms with Gasteiger partial charge in [0.25, 0.3) is 0 Å². The van der Waals surface area contributed by atoms with E-state index >= 15 is 0 Å². The van der Waals surface area contributed by atoms with E-state index in [0.29, 0.717) is 27.0 Å². The maximum atomic E-state index is 9.40. The summed E-state index contributed by atoms with van der Waals surface area (Å²) in [4.78, 5) is 4.25. The molecule has 16 heavy (non-hydrogen) atoms. The molecule has 0 saturated heterocycles. The molecule has 0 amide bonds. The van der Waals surface area contributed by atoms with Crippen LogP contribution in [0, 0.1) is 6.92 Å². The second-order valence-electron chi connectivity index (χ2n) is 3.40. The molecule has 0 aliphatic rings. The Morgan fingerprint density at radius 3 is 2.25 bits per heavy atom. The molecule has 0 aliphatic carbocycles. The first kappa shape index (κ1) is 11.2. The van der Waals surface area contributed by atoms with Crippen molar-refractivity contribution in [1.29, 1.82) is 0 Å². The average Bonchev–Trinajstić information content (AvgIpc) is 2.23. The smallest absolute Gasteiger partial charge is 0.136 e. The lowest BCUT2D eigenvalue weighted by Crippen LogP contribution is -1.89. The van der Waals surface area contributed by atoms with Crippen molar-refractivity contribution in [3.63, 3.8) is 0 Å². The van der Waals surface area contributed by atoms with E-state index in [1.807, 2.05) is 0 Å². The van der Waals surface area contributed by atoms with Gasteiger partial charge in [-0.2, -0.15) is 0 Å². The fraction of sp³-hybridized carbons (Fsp3) is 0.0833. The van der Waals surface area contributed by atoms with E-state index in [9.17, 15) is 5.11 Å². The van der Waals surface area contributed by atoms with Crippen LogP contribution in [0.5, 0.6) is 5.75 Å². The van der Waals surface area contributed by atoms with E-state index in [1.54, 1.807) is 37.3 Å². The number of aryl methyl sites for hydroxylation is 1. The molecule has 1 aromatic carbocycles. The average molecular weight is 254 g/mol. The molecule has 0 bridgehead atoms. The van der Waals surface area contributed by atoms with E-state index in [-0.39, 0.29) is 5.75 Å². The molecule has 2 aromatic rings. The lowest BCUT2D eigenvalue weighted by Gasteiger charge is -2.07. The lowest BCUT2D eigenvalue weighted by atomic mass is 10.1. The fourth-order valence-corrected chi connectivity index (χ4v) is 2.03. The quantitative estimate of drug-likeness (QED) is 0.832. The zero-order valence-electron chi connectivity index (χ0n) is 8.54. The van der Waals surface area contributed by atoms with Gasteiger partial charge in [0.1, 0.15) is 5.75 Å². The normalized spacial score (nSPS) is 10.4. The number of aromatic hydroxyl groups is 1. The molecule has 1 heterocycles. The largest absolute Gasteiger partial charge is 0.506 e. The lowest BCUT2D eigenvalue weighted by molar-refractivity contribution is 0.468. The van der Waals surface area contributed by atoms with Crippen molar-refractivity contribution in [2.24, 2.45) is 0 Å². The van der Waals surface area contributed by atoms with Crippen molar-refractivity contribution in [3.05, 3.63) is 46.1 Å². The molecule has 1 aromatic heterocycles. The zero-order valence-corrected chi connectivity index (χ0v) is 10.0. The van der Waals surface area contributed by atoms with Gasteiger partial charge >= 0.3 is 0 Å². The second-order valence-corrected chi connectivity index (χ2v) is 4.21. The summed E-state index contributed by atoms with van der Waals surface area (Å²) in [6, 6.07) is 8.56. The summed E-state index contributed by atoms with van der Waals surface area (Å²) >= 11 is 12.1. The van der Waals surface area contributed by atoms with Crippen LogP contribution in [0.2, 0.25) is 10.0 Å². The fourth-order valence-electron chi connectivity index (χ4n) is 1.44. The highest BCUT2D eigenvalue weighted by atomic mass is 35.5. The Hall–Kier alpha value is -1.25. The summed E-state index contributed by atoms with van der Waals surface area (Å²) in [5, 5.41) is 10.5. The van der Waals surface area contributed by atoms with E-state index in [4.69, 9.17) is 23.2 Å². The zero-order chi connectivity index (χ0) is 11.7. The highest BCUT2D eigenvalue weighted by molar-refractivity contribution is 6.39. The Morgan fingerprint density at radius 2 is 1.69 bits per heavy atom. The molecule has 82 valence electrons. The predicted octanol–water partition coefficient (Wildman–Crippen LogP) is 4.07. The molecule has 0 unspecified atom stereocenters. The first-order valence-electron chi connectivity index (χ1n) is 4.70. The molecule has 0 spiro atoms. The first-order valence-corrected chi connectivity index (χ1v) is 5.46. The van der Waals surface area contributed by atoms with E-state index < -0.39 is 0 Å². The number of benzene rings is 1. The van der Waals surface area contributed by atoms with Crippen LogP contribution in [0.1, 0.15) is 5.69 Å². The van der Waals surface area contributed by atoms with Crippen molar-refractivity contribution >= 4 is 23.2 Å². The van der Waals surface area contributed by atoms with Crippen LogP contribution in [0.15, 0.2) is 30.3 Å². The molecule has 0 fully saturated rings. The van der Waals surface area contributed by atoms with Gasteiger partial charge in [0, 0.05) is 5.56 Å². The van der Waals surface area contributed by atoms with E-state index in [1.165, 1.54) is 0 Å². The standard InChI is InChI=1S/C12H9Cl2NO/c1-7-11(16)6-5-10(15-7)12-8(13)3-2-4-9(12)14/h2-6,16H,1H3. The van der Waals surface area contributed by atoms with Gasteiger partial charge < -0.3 is 5.11 Å². The van der Waals surface area contributed by atoms with Gasteiger partial charge in [-0.25, -0.2) is 4.98 Å². The van der Waals surface area contributed by atoms with Gasteiger partial charge in [0.05, 0.1) is 21.4 Å². The van der Waals surface area contributed by atoms with Gasteiger partial charge in [-0.3, -0.25) is 0 Å². The topological polar surface area (TPSA) is 33.1 Å². The first-order chi connectivity index (χ1) is 7.59. The maximum absolute atomic E-state index is 9.40. The monoisotopic (exact) mass is 253 g/mol. The van der Waals surface area contributed by atoms with Crippen molar-refractivity contribution in [3.8, 4) is 17.0 Å². The molecule has 0 atom stereocenters. The van der Waals surface area contributed by atoms with Crippen LogP contribution >= 0.6 is 23.2 Å². The molecule has 1 N–H and O–H groups in total. The summed E-state index contributed by atoms with van der Waals surface area (Å²) in [5.74, 6) is 0.159. The Kier molecular flexibility index (Phi) is 3.03. The predicted molar refractivity (Wildman–Crippen MR) is 66.1 cm³/mol. The van der Waals surface area contributed by atoms with Crippen molar-refractivity contribution < 1.29 is 5.11 Å². The number of nitrogens with zero attached hydrogens (tertiary/aromatic N) is 1. The van der Waals surface area contributed by atoms with Crippen molar-refractivity contribution in [2.45, 2.75) is 6.92 Å². The minimum atomic E-state index is 0.159. The van der Waals surface area contributed by atoms with E-state index in [2.05, 4.69) is 4.98 Å². The molecular weight excluding hydrogens is 245 g/mol. The van der Waals surface area contributed by atoms with Gasteiger partial charge in [0.15, 0.2) is 0 Å². The van der Waals surface area contributed by atoms with Crippen molar-refractivity contribution in [1.82, 2.24) is 4.98 Å². The summed E-state index contributed by atoms with van der Waals surface area (Å²) in [5.41, 5.74) is 1.90. The van der Waals surface area contributed by atoms with Gasteiger partial charge in [-0.05, 0) is 31.2 Å². The second kappa shape index (κ2) is 4.32. The number of hydrogen-bond donors (Lipinski definition) is 1. The Morgan fingerprint density at radius 1 is 1.06 bits per heavy atom. The molecule has 2 rings (SSSR count). The van der Waals surface area contributed by atoms with Crippen LogP contribution in [0.4, 0.5) is 0 Å². The van der Waals surface area contributed by atoms with Crippen LogP contribution < -0.4 is 0 Å². The molecule has 0 radical (unpaired) electrons. The minimum absolute atomic E-state index is 0.159. The number of rotatable bonds is 1. The summed E-state index contributed by atoms with van der Waals surface area (Å²) < 4.78 is 0. The highest BCUT2D eigenvalue weighted by Crippen LogP contribution is 2.34. The minimum Gasteiger partial charge on any atom is -0.506 e. The summed E-state index contributed by atoms with van der Waals surface area (Å²) in [6.07, 6.45) is 0. The van der Waals surface area contributed by atoms with Crippen LogP contribution in [0.3, 0.4) is 0 Å². The van der Waals surface area contributed by atoms with Gasteiger partial charge in [0.2, 0.25) is 0 Å². The van der Waals surface area contributed by atoms with Gasteiger partial charge in [-0.1, -0.05) is 29.3 Å².